The summed E-state index contributed by atoms with van der Waals surface area (Å²) >= 11 is 0. The predicted octanol–water partition coefficient (Wildman–Crippen LogP) is 2.36. The van der Waals surface area contributed by atoms with Crippen molar-refractivity contribution in [1.29, 1.82) is 0 Å². The smallest absolute Gasteiger partial charge is 0.251 e. The van der Waals surface area contributed by atoms with E-state index in [2.05, 4.69) is 18.8 Å². The SMILES string of the molecule is C=CCOc1ccc(C(=O)NCCCC)cc1N. The summed E-state index contributed by atoms with van der Waals surface area (Å²) in [6.07, 6.45) is 3.67. The highest BCUT2D eigenvalue weighted by atomic mass is 16.5. The lowest BCUT2D eigenvalue weighted by molar-refractivity contribution is 0.0953. The molecule has 0 bridgehead atoms. The first kappa shape index (κ1) is 14.1. The average Bonchev–Trinajstić information content (AvgIpc) is 2.37. The summed E-state index contributed by atoms with van der Waals surface area (Å²) in [5.41, 5.74) is 6.82. The summed E-state index contributed by atoms with van der Waals surface area (Å²) in [6.45, 7) is 6.72. The number of carbonyl (C=O) groups is 1. The second kappa shape index (κ2) is 7.37. The summed E-state index contributed by atoms with van der Waals surface area (Å²) in [5.74, 6) is 0.463. The first-order valence-corrected chi connectivity index (χ1v) is 6.10. The van der Waals surface area contributed by atoms with E-state index in [9.17, 15) is 4.79 Å². The van der Waals surface area contributed by atoms with E-state index in [0.29, 0.717) is 30.2 Å². The van der Waals surface area contributed by atoms with Crippen molar-refractivity contribution in [2.75, 3.05) is 18.9 Å². The fourth-order valence-electron chi connectivity index (χ4n) is 1.45. The Morgan fingerprint density at radius 3 is 2.94 bits per heavy atom. The van der Waals surface area contributed by atoms with Crippen molar-refractivity contribution in [3.63, 3.8) is 0 Å². The molecule has 98 valence electrons. The molecule has 1 aromatic carbocycles. The minimum absolute atomic E-state index is 0.106. The van der Waals surface area contributed by atoms with Crippen LogP contribution in [-0.4, -0.2) is 19.1 Å². The molecule has 0 radical (unpaired) electrons. The molecule has 0 saturated heterocycles. The fourth-order valence-corrected chi connectivity index (χ4v) is 1.45. The normalized spacial score (nSPS) is 9.83. The van der Waals surface area contributed by atoms with Gasteiger partial charge in [0.05, 0.1) is 5.69 Å². The molecule has 0 aliphatic carbocycles. The topological polar surface area (TPSA) is 64.3 Å². The molecule has 1 aromatic rings. The second-order valence-corrected chi connectivity index (χ2v) is 3.96. The monoisotopic (exact) mass is 248 g/mol. The van der Waals surface area contributed by atoms with Gasteiger partial charge in [0.15, 0.2) is 0 Å². The van der Waals surface area contributed by atoms with Gasteiger partial charge in [-0.1, -0.05) is 26.0 Å². The van der Waals surface area contributed by atoms with Crippen molar-refractivity contribution in [2.45, 2.75) is 19.8 Å². The molecule has 4 nitrogen and oxygen atoms in total. The van der Waals surface area contributed by atoms with E-state index >= 15 is 0 Å². The van der Waals surface area contributed by atoms with Gasteiger partial charge in [-0.3, -0.25) is 4.79 Å². The van der Waals surface area contributed by atoms with Crippen LogP contribution in [0.15, 0.2) is 30.9 Å². The lowest BCUT2D eigenvalue weighted by Crippen LogP contribution is -2.24. The number of carbonyl (C=O) groups excluding carboxylic acids is 1. The molecule has 1 amide bonds. The van der Waals surface area contributed by atoms with Crippen molar-refractivity contribution < 1.29 is 9.53 Å². The number of hydrogen-bond acceptors (Lipinski definition) is 3. The molecular weight excluding hydrogens is 228 g/mol. The highest BCUT2D eigenvalue weighted by Crippen LogP contribution is 2.22. The molecule has 0 aliphatic heterocycles. The zero-order chi connectivity index (χ0) is 13.4. The van der Waals surface area contributed by atoms with Crippen LogP contribution in [0.1, 0.15) is 30.1 Å². The van der Waals surface area contributed by atoms with E-state index < -0.39 is 0 Å². The number of unbranched alkanes of at least 4 members (excludes halogenated alkanes) is 1. The zero-order valence-electron chi connectivity index (χ0n) is 10.7. The molecule has 4 heteroatoms. The number of ether oxygens (including phenoxy) is 1. The average molecular weight is 248 g/mol. The maximum Gasteiger partial charge on any atom is 0.251 e. The van der Waals surface area contributed by atoms with Crippen LogP contribution in [0.5, 0.6) is 5.75 Å². The number of amides is 1. The fraction of sp³-hybridized carbons (Fsp3) is 0.357. The molecule has 0 aliphatic rings. The first-order valence-electron chi connectivity index (χ1n) is 6.10. The number of benzene rings is 1. The summed E-state index contributed by atoms with van der Waals surface area (Å²) in [7, 11) is 0. The van der Waals surface area contributed by atoms with E-state index in [1.165, 1.54) is 0 Å². The molecule has 0 heterocycles. The first-order chi connectivity index (χ1) is 8.69. The van der Waals surface area contributed by atoms with Crippen LogP contribution in [0, 0.1) is 0 Å². The lowest BCUT2D eigenvalue weighted by atomic mass is 10.1. The van der Waals surface area contributed by atoms with Gasteiger partial charge in [-0.15, -0.1) is 0 Å². The zero-order valence-corrected chi connectivity index (χ0v) is 10.7. The Kier molecular flexibility index (Phi) is 5.77. The lowest BCUT2D eigenvalue weighted by Gasteiger charge is -2.09. The Balaban J connectivity index is 2.65. The van der Waals surface area contributed by atoms with Crippen LogP contribution in [0.25, 0.3) is 0 Å². The van der Waals surface area contributed by atoms with Crippen LogP contribution in [-0.2, 0) is 0 Å². The van der Waals surface area contributed by atoms with Gasteiger partial charge in [-0.2, -0.15) is 0 Å². The number of anilines is 1. The highest BCUT2D eigenvalue weighted by molar-refractivity contribution is 5.95. The van der Waals surface area contributed by atoms with Gasteiger partial charge in [-0.05, 0) is 24.6 Å². The van der Waals surface area contributed by atoms with E-state index in [1.54, 1.807) is 24.3 Å². The number of hydrogen-bond donors (Lipinski definition) is 2. The van der Waals surface area contributed by atoms with Crippen LogP contribution in [0.3, 0.4) is 0 Å². The summed E-state index contributed by atoms with van der Waals surface area (Å²) < 4.78 is 5.34. The molecule has 0 saturated carbocycles. The summed E-state index contributed by atoms with van der Waals surface area (Å²) in [5, 5.41) is 2.84. The van der Waals surface area contributed by atoms with E-state index in [-0.39, 0.29) is 5.91 Å². The number of nitrogens with one attached hydrogen (secondary N) is 1. The Labute approximate surface area is 108 Å². The van der Waals surface area contributed by atoms with Gasteiger partial charge in [0.25, 0.3) is 5.91 Å². The standard InChI is InChI=1S/C14H20N2O2/c1-3-5-8-16-14(17)11-6-7-13(12(15)10-11)18-9-4-2/h4,6-7,10H,2-3,5,8-9,15H2,1H3,(H,16,17). The number of nitrogen functional groups attached to an aromatic ring is 1. The summed E-state index contributed by atoms with van der Waals surface area (Å²) in [4.78, 5) is 11.8. The summed E-state index contributed by atoms with van der Waals surface area (Å²) in [6, 6.07) is 5.03. The Morgan fingerprint density at radius 2 is 2.33 bits per heavy atom. The van der Waals surface area contributed by atoms with Gasteiger partial charge < -0.3 is 15.8 Å². The number of rotatable bonds is 7. The minimum atomic E-state index is -0.106. The highest BCUT2D eigenvalue weighted by Gasteiger charge is 2.07. The molecule has 0 aromatic heterocycles. The molecule has 0 spiro atoms. The molecular formula is C14H20N2O2. The van der Waals surface area contributed by atoms with Crippen LogP contribution in [0.4, 0.5) is 5.69 Å². The maximum atomic E-state index is 11.8. The third kappa shape index (κ3) is 4.13. The van der Waals surface area contributed by atoms with Gasteiger partial charge in [0.1, 0.15) is 12.4 Å². The van der Waals surface area contributed by atoms with Crippen molar-refractivity contribution >= 4 is 11.6 Å². The third-order valence-corrected chi connectivity index (χ3v) is 2.44. The number of nitrogens with two attached hydrogens (primary N) is 1. The minimum Gasteiger partial charge on any atom is -0.487 e. The quantitative estimate of drug-likeness (QED) is 0.442. The molecule has 0 atom stereocenters. The van der Waals surface area contributed by atoms with Crippen LogP contribution in [0.2, 0.25) is 0 Å². The third-order valence-electron chi connectivity index (χ3n) is 2.44. The Bertz CT molecular complexity index is 416. The van der Waals surface area contributed by atoms with Gasteiger partial charge >= 0.3 is 0 Å². The van der Waals surface area contributed by atoms with Crippen molar-refractivity contribution in [3.05, 3.63) is 36.4 Å². The van der Waals surface area contributed by atoms with Gasteiger partial charge in [0, 0.05) is 12.1 Å². The molecule has 0 unspecified atom stereocenters. The molecule has 1 rings (SSSR count). The van der Waals surface area contributed by atoms with Crippen LogP contribution >= 0.6 is 0 Å². The predicted molar refractivity (Wildman–Crippen MR) is 73.8 cm³/mol. The van der Waals surface area contributed by atoms with Crippen molar-refractivity contribution in [1.82, 2.24) is 5.32 Å². The molecule has 18 heavy (non-hydrogen) atoms. The Hall–Kier alpha value is -1.97. The van der Waals surface area contributed by atoms with Gasteiger partial charge in [-0.25, -0.2) is 0 Å². The Morgan fingerprint density at radius 1 is 1.56 bits per heavy atom. The van der Waals surface area contributed by atoms with Crippen molar-refractivity contribution in [2.24, 2.45) is 0 Å². The van der Waals surface area contributed by atoms with E-state index in [0.717, 1.165) is 12.8 Å². The molecule has 3 N–H and O–H groups in total. The largest absolute Gasteiger partial charge is 0.487 e. The van der Waals surface area contributed by atoms with E-state index in [1.807, 2.05) is 0 Å². The molecule has 0 fully saturated rings. The van der Waals surface area contributed by atoms with Gasteiger partial charge in [0.2, 0.25) is 0 Å². The second-order valence-electron chi connectivity index (χ2n) is 3.96. The van der Waals surface area contributed by atoms with Crippen LogP contribution < -0.4 is 15.8 Å². The van der Waals surface area contributed by atoms with Crippen molar-refractivity contribution in [3.8, 4) is 5.75 Å². The van der Waals surface area contributed by atoms with E-state index in [4.69, 9.17) is 10.5 Å². The maximum absolute atomic E-state index is 11.8.